The van der Waals surface area contributed by atoms with Gasteiger partial charge in [-0.1, -0.05) is 60.7 Å². The van der Waals surface area contributed by atoms with Crippen LogP contribution in [0.5, 0.6) is 5.75 Å². The molecule has 0 bridgehead atoms. The van der Waals surface area contributed by atoms with E-state index in [-0.39, 0.29) is 5.91 Å². The Morgan fingerprint density at radius 3 is 1.76 bits per heavy atom. The van der Waals surface area contributed by atoms with Crippen LogP contribution in [0, 0.1) is 0 Å². The van der Waals surface area contributed by atoms with Gasteiger partial charge in [0, 0.05) is 13.1 Å². The quantitative estimate of drug-likeness (QED) is 0.442. The average Bonchev–Trinajstić information content (AvgIpc) is 2.80. The molecule has 6 nitrogen and oxygen atoms in total. The van der Waals surface area contributed by atoms with E-state index in [1.54, 1.807) is 36.1 Å². The van der Waals surface area contributed by atoms with Crippen LogP contribution in [0.4, 0.5) is 5.69 Å². The maximum Gasteiger partial charge on any atom is 0.246 e. The van der Waals surface area contributed by atoms with Crippen LogP contribution in [0.2, 0.25) is 0 Å². The molecule has 0 aromatic heterocycles. The van der Waals surface area contributed by atoms with Gasteiger partial charge in [0.2, 0.25) is 15.9 Å². The van der Waals surface area contributed by atoms with Crippen molar-refractivity contribution in [1.82, 2.24) is 4.90 Å². The molecule has 174 valence electrons. The van der Waals surface area contributed by atoms with Gasteiger partial charge in [-0.15, -0.1) is 0 Å². The largest absolute Gasteiger partial charge is 0.494 e. The van der Waals surface area contributed by atoms with Crippen LogP contribution in [0.25, 0.3) is 0 Å². The third-order valence-corrected chi connectivity index (χ3v) is 6.45. The molecule has 0 aliphatic heterocycles. The first-order valence-electron chi connectivity index (χ1n) is 10.9. The second-order valence-corrected chi connectivity index (χ2v) is 9.69. The summed E-state index contributed by atoms with van der Waals surface area (Å²) in [4.78, 5) is 15.4. The molecule has 0 N–H and O–H groups in total. The number of carbonyl (C=O) groups excluding carboxylic acids is 1. The van der Waals surface area contributed by atoms with Gasteiger partial charge in [-0.05, 0) is 49.2 Å². The summed E-state index contributed by atoms with van der Waals surface area (Å²) in [6, 6.07) is 25.2. The molecule has 0 spiro atoms. The van der Waals surface area contributed by atoms with Crippen LogP contribution >= 0.6 is 0 Å². The Morgan fingerprint density at radius 1 is 0.848 bits per heavy atom. The molecule has 1 amide bonds. The third-order valence-electron chi connectivity index (χ3n) is 5.21. The van der Waals surface area contributed by atoms with Crippen molar-refractivity contribution in [2.24, 2.45) is 0 Å². The van der Waals surface area contributed by atoms with Gasteiger partial charge in [0.25, 0.3) is 0 Å². The zero-order valence-electron chi connectivity index (χ0n) is 19.2. The lowest BCUT2D eigenvalue weighted by Gasteiger charge is -2.33. The maximum absolute atomic E-state index is 13.7. The molecule has 0 fully saturated rings. The van der Waals surface area contributed by atoms with Crippen LogP contribution in [0.3, 0.4) is 0 Å². The van der Waals surface area contributed by atoms with Gasteiger partial charge in [-0.2, -0.15) is 0 Å². The summed E-state index contributed by atoms with van der Waals surface area (Å²) >= 11 is 0. The molecule has 0 aliphatic rings. The first-order chi connectivity index (χ1) is 15.8. The number of carbonyl (C=O) groups is 1. The minimum Gasteiger partial charge on any atom is -0.494 e. The zero-order valence-corrected chi connectivity index (χ0v) is 20.0. The monoisotopic (exact) mass is 466 g/mol. The number of benzene rings is 3. The Labute approximate surface area is 196 Å². The molecular weight excluding hydrogens is 436 g/mol. The molecule has 1 atom stereocenters. The highest BCUT2D eigenvalue weighted by Gasteiger charge is 2.32. The SMILES string of the molecule is CCOc1ccc(N([C@H](C)C(=O)N(Cc2ccccc2)Cc2ccccc2)S(C)(=O)=O)cc1. The Balaban J connectivity index is 1.92. The minimum atomic E-state index is -3.72. The molecule has 0 heterocycles. The Morgan fingerprint density at radius 2 is 1.33 bits per heavy atom. The van der Waals surface area contributed by atoms with Crippen molar-refractivity contribution in [2.75, 3.05) is 17.2 Å². The normalized spacial score (nSPS) is 12.1. The molecule has 7 heteroatoms. The smallest absolute Gasteiger partial charge is 0.246 e. The molecule has 3 aromatic rings. The molecule has 0 saturated heterocycles. The van der Waals surface area contributed by atoms with E-state index in [2.05, 4.69) is 0 Å². The van der Waals surface area contributed by atoms with E-state index in [9.17, 15) is 13.2 Å². The van der Waals surface area contributed by atoms with E-state index < -0.39 is 16.1 Å². The topological polar surface area (TPSA) is 66.9 Å². The van der Waals surface area contributed by atoms with Gasteiger partial charge in [0.05, 0.1) is 18.6 Å². The Bertz CT molecular complexity index is 1090. The van der Waals surface area contributed by atoms with Crippen molar-refractivity contribution in [3.8, 4) is 5.75 Å². The highest BCUT2D eigenvalue weighted by molar-refractivity contribution is 7.92. The van der Waals surface area contributed by atoms with Crippen molar-refractivity contribution in [3.05, 3.63) is 96.1 Å². The average molecular weight is 467 g/mol. The standard InChI is InChI=1S/C26H30N2O4S/c1-4-32-25-17-15-24(16-18-25)28(33(3,30)31)21(2)26(29)27(19-22-11-7-5-8-12-22)20-23-13-9-6-10-14-23/h5-18,21H,4,19-20H2,1-3H3/t21-/m1/s1. The Kier molecular flexibility index (Phi) is 8.11. The summed E-state index contributed by atoms with van der Waals surface area (Å²) in [5, 5.41) is 0. The van der Waals surface area contributed by atoms with Crippen molar-refractivity contribution in [1.29, 1.82) is 0 Å². The minimum absolute atomic E-state index is 0.276. The van der Waals surface area contributed by atoms with E-state index in [0.717, 1.165) is 17.4 Å². The Hall–Kier alpha value is -3.32. The lowest BCUT2D eigenvalue weighted by Crippen LogP contribution is -2.49. The number of sulfonamides is 1. The van der Waals surface area contributed by atoms with Gasteiger partial charge in [0.15, 0.2) is 0 Å². The molecule has 0 radical (unpaired) electrons. The van der Waals surface area contributed by atoms with E-state index >= 15 is 0 Å². The number of nitrogens with zero attached hydrogens (tertiary/aromatic N) is 2. The fourth-order valence-electron chi connectivity index (χ4n) is 3.74. The second-order valence-electron chi connectivity index (χ2n) is 7.83. The van der Waals surface area contributed by atoms with Crippen LogP contribution < -0.4 is 9.04 Å². The van der Waals surface area contributed by atoms with Crippen LogP contribution in [0.15, 0.2) is 84.9 Å². The molecular formula is C26H30N2O4S. The molecule has 33 heavy (non-hydrogen) atoms. The fourth-order valence-corrected chi connectivity index (χ4v) is 4.91. The lowest BCUT2D eigenvalue weighted by atomic mass is 10.1. The van der Waals surface area contributed by atoms with E-state index in [4.69, 9.17) is 4.74 Å². The number of rotatable bonds is 10. The molecule has 0 aliphatic carbocycles. The number of hydrogen-bond donors (Lipinski definition) is 0. The van der Waals surface area contributed by atoms with Crippen molar-refractivity contribution >= 4 is 21.6 Å². The predicted octanol–water partition coefficient (Wildman–Crippen LogP) is 4.47. The summed E-state index contributed by atoms with van der Waals surface area (Å²) in [7, 11) is -3.72. The summed E-state index contributed by atoms with van der Waals surface area (Å²) in [6.45, 7) is 4.77. The van der Waals surface area contributed by atoms with E-state index in [1.165, 1.54) is 4.31 Å². The fraction of sp³-hybridized carbons (Fsp3) is 0.269. The summed E-state index contributed by atoms with van der Waals surface area (Å²) < 4.78 is 32.1. The number of amides is 1. The van der Waals surface area contributed by atoms with E-state index in [1.807, 2.05) is 67.6 Å². The number of hydrogen-bond acceptors (Lipinski definition) is 4. The second kappa shape index (κ2) is 11.0. The predicted molar refractivity (Wildman–Crippen MR) is 132 cm³/mol. The van der Waals surface area contributed by atoms with Crippen LogP contribution in [-0.2, 0) is 27.9 Å². The number of ether oxygens (including phenoxy) is 1. The van der Waals surface area contributed by atoms with Crippen molar-refractivity contribution in [3.63, 3.8) is 0 Å². The van der Waals surface area contributed by atoms with Gasteiger partial charge < -0.3 is 9.64 Å². The van der Waals surface area contributed by atoms with Gasteiger partial charge in [-0.3, -0.25) is 9.10 Å². The first kappa shape index (κ1) is 24.3. The molecule has 0 saturated carbocycles. The van der Waals surface area contributed by atoms with Gasteiger partial charge in [0.1, 0.15) is 11.8 Å². The first-order valence-corrected chi connectivity index (χ1v) is 12.7. The van der Waals surface area contributed by atoms with Gasteiger partial charge in [-0.25, -0.2) is 8.42 Å². The molecule has 3 aromatic carbocycles. The third kappa shape index (κ3) is 6.58. The molecule has 3 rings (SSSR count). The highest BCUT2D eigenvalue weighted by atomic mass is 32.2. The van der Waals surface area contributed by atoms with Crippen molar-refractivity contribution < 1.29 is 17.9 Å². The zero-order chi connectivity index (χ0) is 23.8. The summed E-state index contributed by atoms with van der Waals surface area (Å²) in [6.07, 6.45) is 1.12. The van der Waals surface area contributed by atoms with Crippen molar-refractivity contribution in [2.45, 2.75) is 33.0 Å². The lowest BCUT2D eigenvalue weighted by molar-refractivity contribution is -0.133. The molecule has 0 unspecified atom stereocenters. The van der Waals surface area contributed by atoms with Crippen LogP contribution in [0.1, 0.15) is 25.0 Å². The highest BCUT2D eigenvalue weighted by Crippen LogP contribution is 2.25. The van der Waals surface area contributed by atoms with E-state index in [0.29, 0.717) is 31.1 Å². The van der Waals surface area contributed by atoms with Gasteiger partial charge >= 0.3 is 0 Å². The summed E-state index contributed by atoms with van der Waals surface area (Å²) in [5.41, 5.74) is 2.36. The maximum atomic E-state index is 13.7. The van der Waals surface area contributed by atoms with Crippen LogP contribution in [-0.4, -0.2) is 38.1 Å². The summed E-state index contributed by atoms with van der Waals surface area (Å²) in [5.74, 6) is 0.366. The number of anilines is 1.